The zero-order valence-corrected chi connectivity index (χ0v) is 14.3. The van der Waals surface area contributed by atoms with Gasteiger partial charge in [-0.1, -0.05) is 41.7 Å². The summed E-state index contributed by atoms with van der Waals surface area (Å²) in [6.45, 7) is 0. The van der Waals surface area contributed by atoms with E-state index in [0.29, 0.717) is 21.3 Å². The topological polar surface area (TPSA) is 112 Å². The van der Waals surface area contributed by atoms with Crippen molar-refractivity contribution in [2.24, 2.45) is 0 Å². The van der Waals surface area contributed by atoms with Crippen molar-refractivity contribution in [1.82, 2.24) is 10.4 Å². The van der Waals surface area contributed by atoms with Gasteiger partial charge in [0.15, 0.2) is 5.78 Å². The average molecular weight is 369 g/mol. The summed E-state index contributed by atoms with van der Waals surface area (Å²) in [5, 5.41) is 19.3. The highest BCUT2D eigenvalue weighted by Crippen LogP contribution is 2.31. The van der Waals surface area contributed by atoms with E-state index in [4.69, 9.17) is 5.11 Å². The van der Waals surface area contributed by atoms with Gasteiger partial charge in [-0.05, 0) is 12.2 Å². The minimum atomic E-state index is -0.931. The van der Waals surface area contributed by atoms with Gasteiger partial charge in [0.05, 0.1) is 12.1 Å². The number of anilines is 1. The number of carbonyl (C=O) groups is 2. The predicted molar refractivity (Wildman–Crippen MR) is 98.6 cm³/mol. The van der Waals surface area contributed by atoms with Gasteiger partial charge in [0.1, 0.15) is 5.76 Å². The van der Waals surface area contributed by atoms with Gasteiger partial charge in [-0.3, -0.25) is 15.0 Å². The molecule has 26 heavy (non-hydrogen) atoms. The zero-order valence-electron chi connectivity index (χ0n) is 13.5. The minimum absolute atomic E-state index is 0.126. The normalized spacial score (nSPS) is 15.0. The highest BCUT2D eigenvalue weighted by Gasteiger charge is 2.15. The minimum Gasteiger partial charge on any atom is -0.507 e. The third-order valence-electron chi connectivity index (χ3n) is 3.47. The number of carboxylic acids is 1. The lowest BCUT2D eigenvalue weighted by atomic mass is 10.1. The Morgan fingerprint density at radius 1 is 1.23 bits per heavy atom. The first-order chi connectivity index (χ1) is 12.5. The maximum absolute atomic E-state index is 11.1. The number of aromatic nitrogens is 1. The van der Waals surface area contributed by atoms with E-state index in [1.165, 1.54) is 29.7 Å². The number of carboxylic acid groups (broad SMARTS) is 1. The van der Waals surface area contributed by atoms with Crippen molar-refractivity contribution in [1.29, 1.82) is 0 Å². The second kappa shape index (κ2) is 7.66. The predicted octanol–water partition coefficient (Wildman–Crippen LogP) is 2.82. The molecular weight excluding hydrogens is 354 g/mol. The molecule has 0 saturated heterocycles. The number of nitrogens with zero attached hydrogens (tertiary/aromatic N) is 1. The first-order valence-electron chi connectivity index (χ1n) is 7.64. The largest absolute Gasteiger partial charge is 0.507 e. The van der Waals surface area contributed by atoms with Crippen LogP contribution >= 0.6 is 11.3 Å². The average Bonchev–Trinajstić information content (AvgIpc) is 2.99. The maximum Gasteiger partial charge on any atom is 0.308 e. The summed E-state index contributed by atoms with van der Waals surface area (Å²) < 4.78 is 0. The standard InChI is InChI=1S/C18H15N3O4S/c22-13-7-6-12(14(23)8-13)10-19-21-18-20-17(11-4-2-1-3-5-11)15(26-18)9-16(24)25/h1-8,10,19,23H,9H2,(H,20,21)(H,24,25)/b12-10+. The van der Waals surface area contributed by atoms with Crippen LogP contribution in [0.25, 0.3) is 11.3 Å². The first-order valence-corrected chi connectivity index (χ1v) is 8.46. The number of benzene rings is 1. The molecule has 0 aliphatic heterocycles. The quantitative estimate of drug-likeness (QED) is 0.579. The molecule has 0 bridgehead atoms. The van der Waals surface area contributed by atoms with Crippen LogP contribution in [0.2, 0.25) is 0 Å². The van der Waals surface area contributed by atoms with Crippen LogP contribution in [-0.2, 0) is 16.0 Å². The van der Waals surface area contributed by atoms with Crippen LogP contribution in [0.4, 0.5) is 5.13 Å². The number of thiazole rings is 1. The number of carbonyl (C=O) groups excluding carboxylic acids is 1. The van der Waals surface area contributed by atoms with Crippen molar-refractivity contribution >= 4 is 28.2 Å². The van der Waals surface area contributed by atoms with E-state index in [1.54, 1.807) is 0 Å². The Morgan fingerprint density at radius 3 is 2.69 bits per heavy atom. The van der Waals surface area contributed by atoms with Crippen molar-refractivity contribution < 1.29 is 19.8 Å². The Bertz CT molecular complexity index is 929. The van der Waals surface area contributed by atoms with Crippen LogP contribution in [-0.4, -0.2) is 26.9 Å². The Labute approximate surface area is 153 Å². The highest BCUT2D eigenvalue weighted by atomic mass is 32.1. The molecule has 0 radical (unpaired) electrons. The molecule has 0 saturated carbocycles. The van der Waals surface area contributed by atoms with Gasteiger partial charge in [0, 0.05) is 28.3 Å². The summed E-state index contributed by atoms with van der Waals surface area (Å²) in [6.07, 6.45) is 5.30. The van der Waals surface area contributed by atoms with Gasteiger partial charge < -0.3 is 15.6 Å². The van der Waals surface area contributed by atoms with Gasteiger partial charge in [-0.25, -0.2) is 4.98 Å². The van der Waals surface area contributed by atoms with Crippen molar-refractivity contribution in [3.63, 3.8) is 0 Å². The fraction of sp³-hybridized carbons (Fsp3) is 0.0556. The number of hydrazine groups is 1. The molecule has 0 fully saturated rings. The van der Waals surface area contributed by atoms with Crippen LogP contribution in [0, 0.1) is 0 Å². The molecule has 1 aromatic heterocycles. The lowest BCUT2D eigenvalue weighted by Crippen LogP contribution is -2.15. The van der Waals surface area contributed by atoms with Crippen molar-refractivity contribution in [2.75, 3.05) is 5.43 Å². The van der Waals surface area contributed by atoms with Crippen molar-refractivity contribution in [3.8, 4) is 11.3 Å². The molecule has 1 aliphatic carbocycles. The van der Waals surface area contributed by atoms with Crippen LogP contribution in [0.3, 0.4) is 0 Å². The van der Waals surface area contributed by atoms with Crippen molar-refractivity contribution in [2.45, 2.75) is 6.42 Å². The SMILES string of the molecule is O=C1C=C/C(=C\NNc2nc(-c3ccccc3)c(CC(=O)O)s2)C(O)=C1. The molecule has 1 aromatic carbocycles. The van der Waals surface area contributed by atoms with Crippen LogP contribution in [0.1, 0.15) is 4.88 Å². The smallest absolute Gasteiger partial charge is 0.308 e. The number of aliphatic hydroxyl groups excluding tert-OH is 1. The molecular formula is C18H15N3O4S. The molecule has 0 atom stereocenters. The van der Waals surface area contributed by atoms with Gasteiger partial charge in [-0.2, -0.15) is 0 Å². The lowest BCUT2D eigenvalue weighted by Gasteiger charge is -2.07. The van der Waals surface area contributed by atoms with Crippen LogP contribution in [0.5, 0.6) is 0 Å². The number of nitrogens with one attached hydrogen (secondary N) is 2. The van der Waals surface area contributed by atoms with Crippen LogP contribution < -0.4 is 10.9 Å². The first kappa shape index (κ1) is 17.4. The summed E-state index contributed by atoms with van der Waals surface area (Å²) in [5.74, 6) is -1.35. The van der Waals surface area contributed by atoms with E-state index < -0.39 is 5.97 Å². The number of hydrogen-bond donors (Lipinski definition) is 4. The van der Waals surface area contributed by atoms with Crippen molar-refractivity contribution in [3.05, 3.63) is 71.0 Å². The van der Waals surface area contributed by atoms with E-state index in [1.807, 2.05) is 30.3 Å². The lowest BCUT2D eigenvalue weighted by molar-refractivity contribution is -0.136. The number of rotatable bonds is 6. The van der Waals surface area contributed by atoms with E-state index in [0.717, 1.165) is 11.6 Å². The summed E-state index contributed by atoms with van der Waals surface area (Å²) in [6, 6.07) is 9.34. The number of aliphatic carboxylic acids is 1. The fourth-order valence-electron chi connectivity index (χ4n) is 2.31. The second-order valence-corrected chi connectivity index (χ2v) is 6.45. The number of hydrogen-bond acceptors (Lipinski definition) is 7. The third-order valence-corrected chi connectivity index (χ3v) is 4.44. The van der Waals surface area contributed by atoms with E-state index in [2.05, 4.69) is 15.8 Å². The monoisotopic (exact) mass is 369 g/mol. The van der Waals surface area contributed by atoms with Gasteiger partial charge in [0.25, 0.3) is 0 Å². The molecule has 0 unspecified atom stereocenters. The molecule has 1 aliphatic rings. The Morgan fingerprint density at radius 2 is 2.00 bits per heavy atom. The molecule has 3 rings (SSSR count). The molecule has 0 amide bonds. The van der Waals surface area contributed by atoms with Gasteiger partial charge in [-0.15, -0.1) is 0 Å². The highest BCUT2D eigenvalue weighted by molar-refractivity contribution is 7.16. The number of allylic oxidation sites excluding steroid dienone is 3. The molecule has 0 spiro atoms. The molecule has 7 nitrogen and oxygen atoms in total. The van der Waals surface area contributed by atoms with Gasteiger partial charge >= 0.3 is 5.97 Å². The molecule has 4 N–H and O–H groups in total. The Hall–Kier alpha value is -3.39. The van der Waals surface area contributed by atoms with E-state index in [9.17, 15) is 14.7 Å². The van der Waals surface area contributed by atoms with E-state index >= 15 is 0 Å². The molecule has 8 heteroatoms. The number of aliphatic hydroxyl groups is 1. The summed E-state index contributed by atoms with van der Waals surface area (Å²) >= 11 is 1.23. The summed E-state index contributed by atoms with van der Waals surface area (Å²) in [4.78, 5) is 27.3. The molecule has 132 valence electrons. The van der Waals surface area contributed by atoms with E-state index in [-0.39, 0.29) is 18.0 Å². The number of ketones is 1. The Balaban J connectivity index is 1.77. The second-order valence-electron chi connectivity index (χ2n) is 5.36. The summed E-state index contributed by atoms with van der Waals surface area (Å²) in [7, 11) is 0. The summed E-state index contributed by atoms with van der Waals surface area (Å²) in [5.41, 5.74) is 7.52. The fourth-order valence-corrected chi connectivity index (χ4v) is 3.24. The maximum atomic E-state index is 11.1. The Kier molecular flexibility index (Phi) is 5.14. The molecule has 2 aromatic rings. The van der Waals surface area contributed by atoms with Crippen LogP contribution in [0.15, 0.2) is 66.1 Å². The molecule has 1 heterocycles. The van der Waals surface area contributed by atoms with Gasteiger partial charge in [0.2, 0.25) is 5.13 Å². The zero-order chi connectivity index (χ0) is 18.5. The third kappa shape index (κ3) is 4.17.